The standard InChI is InChI=1S/C13H12ClIN2O2S/c1-16-10-3-5-11(6-4-10)20(18,19)17-13-7-2-9(14)8-12(13)15/h2-8,16-17H,1H3. The van der Waals surface area contributed by atoms with Crippen LogP contribution in [0.1, 0.15) is 0 Å². The molecule has 20 heavy (non-hydrogen) atoms. The van der Waals surface area contributed by atoms with Gasteiger partial charge in [-0.05, 0) is 65.1 Å². The smallest absolute Gasteiger partial charge is 0.261 e. The molecule has 0 bridgehead atoms. The van der Waals surface area contributed by atoms with E-state index in [0.717, 1.165) is 9.26 Å². The lowest BCUT2D eigenvalue weighted by Gasteiger charge is -2.10. The van der Waals surface area contributed by atoms with Gasteiger partial charge < -0.3 is 5.32 Å². The number of sulfonamides is 1. The highest BCUT2D eigenvalue weighted by atomic mass is 127. The molecular formula is C13H12ClIN2O2S. The van der Waals surface area contributed by atoms with E-state index in [1.54, 1.807) is 49.5 Å². The molecule has 0 heterocycles. The Morgan fingerprint density at radius 2 is 1.75 bits per heavy atom. The maximum absolute atomic E-state index is 12.3. The number of hydrogen-bond acceptors (Lipinski definition) is 3. The van der Waals surface area contributed by atoms with Gasteiger partial charge in [-0.2, -0.15) is 0 Å². The largest absolute Gasteiger partial charge is 0.388 e. The Balaban J connectivity index is 2.30. The van der Waals surface area contributed by atoms with Crippen LogP contribution in [0.4, 0.5) is 11.4 Å². The summed E-state index contributed by atoms with van der Waals surface area (Å²) in [7, 11) is -1.82. The molecule has 0 aliphatic heterocycles. The normalized spacial score (nSPS) is 11.2. The van der Waals surface area contributed by atoms with Crippen LogP contribution in [0.5, 0.6) is 0 Å². The molecule has 7 heteroatoms. The van der Waals surface area contributed by atoms with Gasteiger partial charge in [-0.3, -0.25) is 4.72 Å². The Hall–Kier alpha value is -0.990. The molecule has 0 aliphatic carbocycles. The fourth-order valence-corrected chi connectivity index (χ4v) is 3.85. The molecule has 2 aromatic carbocycles. The SMILES string of the molecule is CNc1ccc(S(=O)(=O)Nc2ccc(Cl)cc2I)cc1. The van der Waals surface area contributed by atoms with Crippen molar-refractivity contribution >= 4 is 55.6 Å². The van der Waals surface area contributed by atoms with Gasteiger partial charge in [0.25, 0.3) is 10.0 Å². The van der Waals surface area contributed by atoms with Gasteiger partial charge in [0.2, 0.25) is 0 Å². The highest BCUT2D eigenvalue weighted by Crippen LogP contribution is 2.25. The summed E-state index contributed by atoms with van der Waals surface area (Å²) in [5.41, 5.74) is 1.36. The average molecular weight is 423 g/mol. The second-order valence-corrected chi connectivity index (χ2v) is 7.29. The first kappa shape index (κ1) is 15.4. The fraction of sp³-hybridized carbons (Fsp3) is 0.0769. The second kappa shape index (κ2) is 6.19. The quantitative estimate of drug-likeness (QED) is 0.737. The summed E-state index contributed by atoms with van der Waals surface area (Å²) in [5.74, 6) is 0. The van der Waals surface area contributed by atoms with Gasteiger partial charge in [-0.25, -0.2) is 8.42 Å². The molecule has 0 amide bonds. The van der Waals surface area contributed by atoms with Crippen molar-refractivity contribution in [2.75, 3.05) is 17.1 Å². The summed E-state index contributed by atoms with van der Waals surface area (Å²) < 4.78 is 27.8. The van der Waals surface area contributed by atoms with E-state index in [2.05, 4.69) is 10.0 Å². The molecule has 0 spiro atoms. The fourth-order valence-electron chi connectivity index (χ4n) is 1.58. The van der Waals surface area contributed by atoms with Crippen molar-refractivity contribution in [2.45, 2.75) is 4.90 Å². The Morgan fingerprint density at radius 3 is 2.30 bits per heavy atom. The van der Waals surface area contributed by atoms with Crippen LogP contribution in [-0.2, 0) is 10.0 Å². The molecule has 0 atom stereocenters. The Bertz CT molecular complexity index is 718. The lowest BCUT2D eigenvalue weighted by Crippen LogP contribution is -2.13. The van der Waals surface area contributed by atoms with Crippen molar-refractivity contribution in [1.29, 1.82) is 0 Å². The zero-order valence-electron chi connectivity index (χ0n) is 10.5. The average Bonchev–Trinajstić information content (AvgIpc) is 2.42. The Morgan fingerprint density at radius 1 is 1.10 bits per heavy atom. The Kier molecular flexibility index (Phi) is 4.77. The monoisotopic (exact) mass is 422 g/mol. The maximum Gasteiger partial charge on any atom is 0.261 e. The third-order valence-corrected chi connectivity index (χ3v) is 5.14. The summed E-state index contributed by atoms with van der Waals surface area (Å²) in [6.07, 6.45) is 0. The molecule has 0 fully saturated rings. The van der Waals surface area contributed by atoms with Crippen LogP contribution in [0.25, 0.3) is 0 Å². The minimum atomic E-state index is -3.60. The molecule has 0 aliphatic rings. The van der Waals surface area contributed by atoms with Crippen LogP contribution in [0.3, 0.4) is 0 Å². The van der Waals surface area contributed by atoms with E-state index < -0.39 is 10.0 Å². The summed E-state index contributed by atoms with van der Waals surface area (Å²) in [6, 6.07) is 11.5. The predicted molar refractivity (Wildman–Crippen MR) is 91.0 cm³/mol. The first-order valence-corrected chi connectivity index (χ1v) is 8.62. The summed E-state index contributed by atoms with van der Waals surface area (Å²) in [5, 5.41) is 3.51. The van der Waals surface area contributed by atoms with Gasteiger partial charge in [-0.1, -0.05) is 11.6 Å². The second-order valence-electron chi connectivity index (χ2n) is 4.00. The van der Waals surface area contributed by atoms with Crippen molar-refractivity contribution in [3.05, 3.63) is 51.1 Å². The van der Waals surface area contributed by atoms with Gasteiger partial charge in [0.15, 0.2) is 0 Å². The molecule has 2 aromatic rings. The van der Waals surface area contributed by atoms with E-state index in [0.29, 0.717) is 10.7 Å². The van der Waals surface area contributed by atoms with Gasteiger partial charge >= 0.3 is 0 Å². The van der Waals surface area contributed by atoms with E-state index in [-0.39, 0.29) is 4.90 Å². The van der Waals surface area contributed by atoms with Gasteiger partial charge in [-0.15, -0.1) is 0 Å². The van der Waals surface area contributed by atoms with E-state index >= 15 is 0 Å². The molecule has 0 unspecified atom stereocenters. The van der Waals surface area contributed by atoms with Crippen LogP contribution >= 0.6 is 34.2 Å². The molecule has 0 radical (unpaired) electrons. The van der Waals surface area contributed by atoms with E-state index in [4.69, 9.17) is 11.6 Å². The van der Waals surface area contributed by atoms with E-state index in [1.807, 2.05) is 22.6 Å². The number of nitrogens with one attached hydrogen (secondary N) is 2. The third kappa shape index (κ3) is 3.56. The maximum atomic E-state index is 12.3. The molecule has 0 aromatic heterocycles. The minimum absolute atomic E-state index is 0.210. The minimum Gasteiger partial charge on any atom is -0.388 e. The van der Waals surface area contributed by atoms with Gasteiger partial charge in [0.1, 0.15) is 0 Å². The molecular weight excluding hydrogens is 411 g/mol. The van der Waals surface area contributed by atoms with Crippen molar-refractivity contribution < 1.29 is 8.42 Å². The lowest BCUT2D eigenvalue weighted by atomic mass is 10.3. The first-order chi connectivity index (χ1) is 9.42. The molecule has 0 saturated heterocycles. The molecule has 2 N–H and O–H groups in total. The number of benzene rings is 2. The number of halogens is 2. The summed E-state index contributed by atoms with van der Waals surface area (Å²) in [6.45, 7) is 0. The van der Waals surface area contributed by atoms with Gasteiger partial charge in [0, 0.05) is 21.3 Å². The zero-order valence-corrected chi connectivity index (χ0v) is 14.3. The number of rotatable bonds is 4. The summed E-state index contributed by atoms with van der Waals surface area (Å²) >= 11 is 7.88. The first-order valence-electron chi connectivity index (χ1n) is 5.68. The lowest BCUT2D eigenvalue weighted by molar-refractivity contribution is 0.601. The topological polar surface area (TPSA) is 58.2 Å². The van der Waals surface area contributed by atoms with Crippen LogP contribution < -0.4 is 10.0 Å². The molecule has 106 valence electrons. The predicted octanol–water partition coefficient (Wildman–Crippen LogP) is 3.79. The third-order valence-electron chi connectivity index (χ3n) is 2.63. The van der Waals surface area contributed by atoms with Crippen LogP contribution in [-0.4, -0.2) is 15.5 Å². The Labute approximate surface area is 136 Å². The molecule has 4 nitrogen and oxygen atoms in total. The van der Waals surface area contributed by atoms with Crippen molar-refractivity contribution in [1.82, 2.24) is 0 Å². The molecule has 2 rings (SSSR count). The summed E-state index contributed by atoms with van der Waals surface area (Å²) in [4.78, 5) is 0.210. The van der Waals surface area contributed by atoms with Gasteiger partial charge in [0.05, 0.1) is 10.6 Å². The highest BCUT2D eigenvalue weighted by molar-refractivity contribution is 14.1. The van der Waals surface area contributed by atoms with Crippen molar-refractivity contribution in [3.63, 3.8) is 0 Å². The van der Waals surface area contributed by atoms with E-state index in [1.165, 1.54) is 0 Å². The van der Waals surface area contributed by atoms with Crippen LogP contribution in [0.2, 0.25) is 5.02 Å². The number of hydrogen-bond donors (Lipinski definition) is 2. The van der Waals surface area contributed by atoms with E-state index in [9.17, 15) is 8.42 Å². The zero-order chi connectivity index (χ0) is 14.8. The van der Waals surface area contributed by atoms with Crippen LogP contribution in [0.15, 0.2) is 47.4 Å². The number of anilines is 2. The van der Waals surface area contributed by atoms with Crippen LogP contribution in [0, 0.1) is 3.57 Å². The molecule has 0 saturated carbocycles. The highest BCUT2D eigenvalue weighted by Gasteiger charge is 2.15. The van der Waals surface area contributed by atoms with Crippen molar-refractivity contribution in [3.8, 4) is 0 Å². The van der Waals surface area contributed by atoms with Crippen molar-refractivity contribution in [2.24, 2.45) is 0 Å².